The minimum absolute atomic E-state index is 0.0115. The zero-order valence-electron chi connectivity index (χ0n) is 10.0. The smallest absolute Gasteiger partial charge is 0.410 e. The fourth-order valence-electron chi connectivity index (χ4n) is 1.90. The molecule has 1 aliphatic heterocycles. The highest BCUT2D eigenvalue weighted by Gasteiger charge is 2.29. The van der Waals surface area contributed by atoms with E-state index in [4.69, 9.17) is 17.0 Å². The van der Waals surface area contributed by atoms with Crippen molar-refractivity contribution in [1.29, 1.82) is 0 Å². The minimum atomic E-state index is -0.317. The van der Waals surface area contributed by atoms with Gasteiger partial charge in [-0.1, -0.05) is 18.7 Å². The van der Waals surface area contributed by atoms with E-state index < -0.39 is 0 Å². The summed E-state index contributed by atoms with van der Waals surface area (Å²) in [5.74, 6) is 0. The fourth-order valence-corrected chi connectivity index (χ4v) is 2.74. The van der Waals surface area contributed by atoms with Gasteiger partial charge in [0, 0.05) is 11.9 Å². The number of hydrogen-bond donors (Lipinski definition) is 1. The van der Waals surface area contributed by atoms with Crippen molar-refractivity contribution in [2.45, 2.75) is 13.0 Å². The molecule has 0 radical (unpaired) electrons. The predicted octanol–water partition coefficient (Wildman–Crippen LogP) is 3.22. The normalized spacial score (nSPS) is 18.6. The van der Waals surface area contributed by atoms with E-state index in [-0.39, 0.29) is 18.7 Å². The molecule has 0 unspecified atom stereocenters. The zero-order chi connectivity index (χ0) is 13.1. The maximum Gasteiger partial charge on any atom is 0.410 e. The monoisotopic (exact) mass is 282 g/mol. The van der Waals surface area contributed by atoms with Gasteiger partial charge in [0.2, 0.25) is 0 Å². The topological polar surface area (TPSA) is 45.3 Å². The Kier molecular flexibility index (Phi) is 3.98. The quantitative estimate of drug-likeness (QED) is 0.684. The number of ether oxygens (including phenoxy) is 1. The van der Waals surface area contributed by atoms with Crippen LogP contribution in [0.1, 0.15) is 12.6 Å². The van der Waals surface area contributed by atoms with Crippen LogP contribution in [-0.4, -0.2) is 35.2 Å². The molecule has 18 heavy (non-hydrogen) atoms. The van der Waals surface area contributed by atoms with Crippen LogP contribution in [0.4, 0.5) is 4.79 Å². The van der Waals surface area contributed by atoms with Crippen molar-refractivity contribution < 1.29 is 9.53 Å². The van der Waals surface area contributed by atoms with Crippen LogP contribution >= 0.6 is 23.6 Å². The van der Waals surface area contributed by atoms with E-state index in [0.717, 1.165) is 15.2 Å². The second kappa shape index (κ2) is 5.49. The molecule has 0 saturated carbocycles. The Bertz CT molecular complexity index is 544. The Morgan fingerprint density at radius 2 is 2.61 bits per heavy atom. The van der Waals surface area contributed by atoms with Crippen molar-refractivity contribution in [2.24, 2.45) is 0 Å². The van der Waals surface area contributed by atoms with E-state index in [9.17, 15) is 4.79 Å². The van der Waals surface area contributed by atoms with Gasteiger partial charge in [-0.05, 0) is 24.7 Å². The first-order chi connectivity index (χ1) is 8.63. The number of aromatic nitrogens is 1. The van der Waals surface area contributed by atoms with Gasteiger partial charge in [-0.25, -0.2) is 4.79 Å². The summed E-state index contributed by atoms with van der Waals surface area (Å²) in [6.45, 7) is 6.29. The summed E-state index contributed by atoms with van der Waals surface area (Å²) in [6.07, 6.45) is 3.26. The summed E-state index contributed by atoms with van der Waals surface area (Å²) in [6, 6.07) is -0.0115. The molecule has 1 amide bonds. The Morgan fingerprint density at radius 3 is 3.22 bits per heavy atom. The molecular weight excluding hydrogens is 268 g/mol. The second-order valence-electron chi connectivity index (χ2n) is 3.92. The van der Waals surface area contributed by atoms with Gasteiger partial charge in [0.25, 0.3) is 0 Å². The Balaban J connectivity index is 2.08. The molecule has 1 N–H and O–H groups in total. The highest BCUT2D eigenvalue weighted by atomic mass is 32.1. The Hall–Kier alpha value is -1.40. The second-order valence-corrected chi connectivity index (χ2v) is 5.46. The van der Waals surface area contributed by atoms with Gasteiger partial charge in [-0.2, -0.15) is 0 Å². The summed E-state index contributed by atoms with van der Waals surface area (Å²) in [5, 5.41) is 1.98. The minimum Gasteiger partial charge on any atom is -0.445 e. The molecule has 0 aliphatic carbocycles. The molecule has 0 aromatic carbocycles. The lowest BCUT2D eigenvalue weighted by Crippen LogP contribution is -2.35. The molecule has 4 nitrogen and oxygen atoms in total. The molecule has 2 heterocycles. The van der Waals surface area contributed by atoms with Crippen LogP contribution in [0, 0.1) is 3.95 Å². The van der Waals surface area contributed by atoms with Crippen LogP contribution in [0.25, 0.3) is 5.57 Å². The van der Waals surface area contributed by atoms with Gasteiger partial charge in [-0.15, -0.1) is 11.3 Å². The van der Waals surface area contributed by atoms with Crippen molar-refractivity contribution in [1.82, 2.24) is 9.88 Å². The first kappa shape index (κ1) is 13.0. The number of carbonyl (C=O) groups is 1. The SMILES string of the molecule is C=CCOC(=O)N1CC=C(c2csc(=S)[nH]2)[C@@H]1C. The summed E-state index contributed by atoms with van der Waals surface area (Å²) < 4.78 is 5.78. The van der Waals surface area contributed by atoms with Crippen molar-refractivity contribution in [3.05, 3.63) is 33.8 Å². The van der Waals surface area contributed by atoms with E-state index in [1.807, 2.05) is 18.4 Å². The van der Waals surface area contributed by atoms with Crippen LogP contribution in [0.15, 0.2) is 24.1 Å². The van der Waals surface area contributed by atoms with E-state index >= 15 is 0 Å². The molecule has 0 fully saturated rings. The number of thiazole rings is 1. The molecule has 1 atom stereocenters. The lowest BCUT2D eigenvalue weighted by Gasteiger charge is -2.22. The number of carbonyl (C=O) groups excluding carboxylic acids is 1. The number of aromatic amines is 1. The first-order valence-corrected chi connectivity index (χ1v) is 6.84. The molecule has 0 bridgehead atoms. The van der Waals surface area contributed by atoms with Crippen molar-refractivity contribution >= 4 is 35.2 Å². The Labute approximate surface area is 115 Å². The molecule has 1 aromatic heterocycles. The molecular formula is C12H14N2O2S2. The molecule has 2 rings (SSSR count). The summed E-state index contributed by atoms with van der Waals surface area (Å²) in [5.41, 5.74) is 2.06. The molecule has 1 aromatic rings. The number of amides is 1. The van der Waals surface area contributed by atoms with Gasteiger partial charge < -0.3 is 9.72 Å². The average Bonchev–Trinajstić information content (AvgIpc) is 2.92. The number of nitrogens with one attached hydrogen (secondary N) is 1. The maximum absolute atomic E-state index is 11.8. The average molecular weight is 282 g/mol. The number of rotatable bonds is 3. The van der Waals surface area contributed by atoms with Crippen LogP contribution in [-0.2, 0) is 4.74 Å². The van der Waals surface area contributed by atoms with Crippen molar-refractivity contribution in [3.63, 3.8) is 0 Å². The van der Waals surface area contributed by atoms with Gasteiger partial charge in [0.05, 0.1) is 11.7 Å². The fraction of sp³-hybridized carbons (Fsp3) is 0.333. The predicted molar refractivity (Wildman–Crippen MR) is 75.2 cm³/mol. The van der Waals surface area contributed by atoms with Crippen LogP contribution in [0.3, 0.4) is 0 Å². The summed E-state index contributed by atoms with van der Waals surface area (Å²) in [4.78, 5) is 16.6. The van der Waals surface area contributed by atoms with E-state index in [1.165, 1.54) is 11.3 Å². The molecule has 0 spiro atoms. The third-order valence-corrected chi connectivity index (χ3v) is 3.88. The van der Waals surface area contributed by atoms with Crippen LogP contribution < -0.4 is 0 Å². The standard InChI is InChI=1S/C12H14N2O2S2/c1-3-6-16-12(15)14-5-4-9(8(14)2)10-7-18-11(17)13-10/h3-4,7-8H,1,5-6H2,2H3,(H,13,17)/t8-/m0/s1. The maximum atomic E-state index is 11.8. The Morgan fingerprint density at radius 1 is 1.83 bits per heavy atom. The summed E-state index contributed by atoms with van der Waals surface area (Å²) >= 11 is 6.55. The van der Waals surface area contributed by atoms with E-state index in [1.54, 1.807) is 11.0 Å². The highest BCUT2D eigenvalue weighted by Crippen LogP contribution is 2.28. The highest BCUT2D eigenvalue weighted by molar-refractivity contribution is 7.73. The molecule has 1 aliphatic rings. The third kappa shape index (κ3) is 2.54. The zero-order valence-corrected chi connectivity index (χ0v) is 11.6. The van der Waals surface area contributed by atoms with Crippen LogP contribution in [0.2, 0.25) is 0 Å². The van der Waals surface area contributed by atoms with Gasteiger partial charge in [0.1, 0.15) is 6.61 Å². The molecule has 6 heteroatoms. The van der Waals surface area contributed by atoms with E-state index in [0.29, 0.717) is 6.54 Å². The lowest BCUT2D eigenvalue weighted by atomic mass is 10.1. The number of nitrogens with zero attached hydrogens (tertiary/aromatic N) is 1. The van der Waals surface area contributed by atoms with Gasteiger partial charge >= 0.3 is 6.09 Å². The van der Waals surface area contributed by atoms with Crippen LogP contribution in [0.5, 0.6) is 0 Å². The van der Waals surface area contributed by atoms with Crippen molar-refractivity contribution in [2.75, 3.05) is 13.2 Å². The van der Waals surface area contributed by atoms with Gasteiger partial charge in [0.15, 0.2) is 3.95 Å². The summed E-state index contributed by atoms with van der Waals surface area (Å²) in [7, 11) is 0. The molecule has 96 valence electrons. The van der Waals surface area contributed by atoms with Gasteiger partial charge in [-0.3, -0.25) is 4.90 Å². The van der Waals surface area contributed by atoms with E-state index in [2.05, 4.69) is 11.6 Å². The number of H-pyrrole nitrogens is 1. The molecule has 0 saturated heterocycles. The third-order valence-electron chi connectivity index (χ3n) is 2.82. The first-order valence-electron chi connectivity index (χ1n) is 5.56. The largest absolute Gasteiger partial charge is 0.445 e. The number of hydrogen-bond acceptors (Lipinski definition) is 4. The lowest BCUT2D eigenvalue weighted by molar-refractivity contribution is 0.114. The van der Waals surface area contributed by atoms with Crippen molar-refractivity contribution in [3.8, 4) is 0 Å².